The number of carboxylic acid groups (broad SMARTS) is 1. The monoisotopic (exact) mass is 283 g/mol. The van der Waals surface area contributed by atoms with Crippen LogP contribution < -0.4 is 5.32 Å². The van der Waals surface area contributed by atoms with Crippen LogP contribution in [0.3, 0.4) is 0 Å². The van der Waals surface area contributed by atoms with Gasteiger partial charge in [-0.15, -0.1) is 11.3 Å². The molecule has 1 aliphatic carbocycles. The van der Waals surface area contributed by atoms with Crippen LogP contribution in [0.2, 0.25) is 0 Å². The molecule has 0 atom stereocenters. The molecule has 0 saturated heterocycles. The van der Waals surface area contributed by atoms with Crippen molar-refractivity contribution in [2.45, 2.75) is 25.7 Å². The molecule has 1 aromatic rings. The molecule has 6 nitrogen and oxygen atoms in total. The van der Waals surface area contributed by atoms with Gasteiger partial charge in [0.05, 0.1) is 12.7 Å². The van der Waals surface area contributed by atoms with Crippen LogP contribution in [0.1, 0.15) is 33.6 Å². The lowest BCUT2D eigenvalue weighted by molar-refractivity contribution is -0.139. The molecular formula is C12H13NO5S. The molecule has 2 N–H and O–H groups in total. The Morgan fingerprint density at radius 1 is 1.37 bits per heavy atom. The molecule has 0 radical (unpaired) electrons. The maximum atomic E-state index is 11.8. The number of hydrogen-bond donors (Lipinski definition) is 2. The molecule has 0 aromatic carbocycles. The van der Waals surface area contributed by atoms with Crippen molar-refractivity contribution in [2.75, 3.05) is 12.4 Å². The summed E-state index contributed by atoms with van der Waals surface area (Å²) in [5.41, 5.74) is 1.29. The van der Waals surface area contributed by atoms with E-state index in [-0.39, 0.29) is 0 Å². The Morgan fingerprint density at radius 3 is 2.74 bits per heavy atom. The van der Waals surface area contributed by atoms with E-state index in [0.29, 0.717) is 10.6 Å². The smallest absolute Gasteiger partial charge is 0.341 e. The van der Waals surface area contributed by atoms with Crippen molar-refractivity contribution in [2.24, 2.45) is 0 Å². The SMILES string of the molecule is COC(=O)c1c(NC(=O)CC(=O)O)sc2c1CCC2. The van der Waals surface area contributed by atoms with Crippen LogP contribution in [0.15, 0.2) is 0 Å². The van der Waals surface area contributed by atoms with E-state index in [1.54, 1.807) is 0 Å². The van der Waals surface area contributed by atoms with E-state index in [4.69, 9.17) is 9.84 Å². The summed E-state index contributed by atoms with van der Waals surface area (Å²) >= 11 is 1.32. The molecule has 0 aliphatic heterocycles. The number of thiophene rings is 1. The van der Waals surface area contributed by atoms with Crippen molar-refractivity contribution in [1.82, 2.24) is 0 Å². The lowest BCUT2D eigenvalue weighted by atomic mass is 10.1. The summed E-state index contributed by atoms with van der Waals surface area (Å²) in [5.74, 6) is -2.34. The number of aliphatic carboxylic acids is 1. The molecule has 1 amide bonds. The number of esters is 1. The van der Waals surface area contributed by atoms with Crippen molar-refractivity contribution < 1.29 is 24.2 Å². The minimum Gasteiger partial charge on any atom is -0.481 e. The van der Waals surface area contributed by atoms with Crippen LogP contribution in [0.25, 0.3) is 0 Å². The van der Waals surface area contributed by atoms with E-state index in [0.717, 1.165) is 29.7 Å². The highest BCUT2D eigenvalue weighted by molar-refractivity contribution is 7.17. The average molecular weight is 283 g/mol. The van der Waals surface area contributed by atoms with E-state index in [1.165, 1.54) is 18.4 Å². The average Bonchev–Trinajstić information content (AvgIpc) is 2.86. The van der Waals surface area contributed by atoms with E-state index in [1.807, 2.05) is 0 Å². The number of fused-ring (bicyclic) bond motifs is 1. The fourth-order valence-electron chi connectivity index (χ4n) is 2.12. The number of carboxylic acids is 1. The van der Waals surface area contributed by atoms with E-state index < -0.39 is 24.3 Å². The summed E-state index contributed by atoms with van der Waals surface area (Å²) in [6.07, 6.45) is 2.02. The van der Waals surface area contributed by atoms with E-state index >= 15 is 0 Å². The summed E-state index contributed by atoms with van der Waals surface area (Å²) in [6, 6.07) is 0. The van der Waals surface area contributed by atoms with Gasteiger partial charge in [-0.3, -0.25) is 9.59 Å². The number of aryl methyl sites for hydroxylation is 1. The van der Waals surface area contributed by atoms with Crippen molar-refractivity contribution in [3.05, 3.63) is 16.0 Å². The quantitative estimate of drug-likeness (QED) is 0.644. The fourth-order valence-corrected chi connectivity index (χ4v) is 3.41. The van der Waals surface area contributed by atoms with Gasteiger partial charge in [0.1, 0.15) is 11.4 Å². The lowest BCUT2D eigenvalue weighted by Gasteiger charge is -2.05. The summed E-state index contributed by atoms with van der Waals surface area (Å²) in [4.78, 5) is 34.8. The van der Waals surface area contributed by atoms with Gasteiger partial charge in [-0.05, 0) is 24.8 Å². The van der Waals surface area contributed by atoms with Crippen molar-refractivity contribution >= 4 is 34.2 Å². The van der Waals surface area contributed by atoms with Crippen LogP contribution in [-0.4, -0.2) is 30.1 Å². The number of amides is 1. The molecule has 7 heteroatoms. The number of nitrogens with one attached hydrogen (secondary N) is 1. The summed E-state index contributed by atoms with van der Waals surface area (Å²) in [6.45, 7) is 0. The first-order chi connectivity index (χ1) is 9.02. The Bertz CT molecular complexity index is 549. The van der Waals surface area contributed by atoms with Gasteiger partial charge in [0, 0.05) is 4.88 Å². The predicted molar refractivity (Wildman–Crippen MR) is 68.6 cm³/mol. The first-order valence-corrected chi connectivity index (χ1v) is 6.59. The standard InChI is InChI=1S/C12H13NO5S/c1-18-12(17)10-6-3-2-4-7(6)19-11(10)13-8(14)5-9(15)16/h2-5H2,1H3,(H,13,14)(H,15,16). The van der Waals surface area contributed by atoms with Gasteiger partial charge in [-0.25, -0.2) is 4.79 Å². The number of methoxy groups -OCH3 is 1. The molecule has 0 spiro atoms. The highest BCUT2D eigenvalue weighted by Gasteiger charge is 2.28. The van der Waals surface area contributed by atoms with Crippen molar-refractivity contribution in [3.63, 3.8) is 0 Å². The van der Waals surface area contributed by atoms with Gasteiger partial charge >= 0.3 is 11.9 Å². The lowest BCUT2D eigenvalue weighted by Crippen LogP contribution is -2.17. The minimum atomic E-state index is -1.21. The van der Waals surface area contributed by atoms with Gasteiger partial charge in [-0.2, -0.15) is 0 Å². The predicted octanol–water partition coefficient (Wildman–Crippen LogP) is 1.44. The Hall–Kier alpha value is -1.89. The second-order valence-corrected chi connectivity index (χ2v) is 5.28. The second-order valence-electron chi connectivity index (χ2n) is 4.17. The van der Waals surface area contributed by atoms with Crippen LogP contribution in [-0.2, 0) is 27.2 Å². The number of carbonyl (C=O) groups is 3. The highest BCUT2D eigenvalue weighted by atomic mass is 32.1. The third-order valence-corrected chi connectivity index (χ3v) is 4.08. The van der Waals surface area contributed by atoms with Gasteiger partial charge < -0.3 is 15.2 Å². The van der Waals surface area contributed by atoms with Gasteiger partial charge in [-0.1, -0.05) is 0 Å². The highest BCUT2D eigenvalue weighted by Crippen LogP contribution is 2.39. The van der Waals surface area contributed by atoms with Crippen LogP contribution in [0, 0.1) is 0 Å². The van der Waals surface area contributed by atoms with Crippen LogP contribution in [0.4, 0.5) is 5.00 Å². The fraction of sp³-hybridized carbons (Fsp3) is 0.417. The van der Waals surface area contributed by atoms with E-state index in [9.17, 15) is 14.4 Å². The molecule has 1 aliphatic rings. The summed E-state index contributed by atoms with van der Waals surface area (Å²) in [7, 11) is 1.28. The molecule has 19 heavy (non-hydrogen) atoms. The Balaban J connectivity index is 2.28. The third kappa shape index (κ3) is 2.76. The first-order valence-electron chi connectivity index (χ1n) is 5.77. The molecule has 102 valence electrons. The van der Waals surface area contributed by atoms with E-state index in [2.05, 4.69) is 5.32 Å². The molecule has 0 bridgehead atoms. The summed E-state index contributed by atoms with van der Waals surface area (Å²) < 4.78 is 4.72. The molecule has 1 heterocycles. The number of rotatable bonds is 4. The zero-order valence-corrected chi connectivity index (χ0v) is 11.1. The maximum absolute atomic E-state index is 11.8. The zero-order valence-electron chi connectivity index (χ0n) is 10.3. The van der Waals surface area contributed by atoms with Crippen molar-refractivity contribution in [3.8, 4) is 0 Å². The van der Waals surface area contributed by atoms with Crippen LogP contribution in [0.5, 0.6) is 0 Å². The van der Waals surface area contributed by atoms with Gasteiger partial charge in [0.25, 0.3) is 0 Å². The normalized spacial score (nSPS) is 12.9. The Kier molecular flexibility index (Phi) is 3.84. The Morgan fingerprint density at radius 2 is 2.11 bits per heavy atom. The maximum Gasteiger partial charge on any atom is 0.341 e. The number of hydrogen-bond acceptors (Lipinski definition) is 5. The molecule has 1 aromatic heterocycles. The van der Waals surface area contributed by atoms with Gasteiger partial charge in [0.2, 0.25) is 5.91 Å². The first kappa shape index (κ1) is 13.5. The molecule has 2 rings (SSSR count). The summed E-state index contributed by atoms with van der Waals surface area (Å²) in [5, 5.41) is 11.4. The number of anilines is 1. The van der Waals surface area contributed by atoms with Crippen LogP contribution >= 0.6 is 11.3 Å². The van der Waals surface area contributed by atoms with Gasteiger partial charge in [0.15, 0.2) is 0 Å². The number of carbonyl (C=O) groups excluding carboxylic acids is 2. The number of ether oxygens (including phenoxy) is 1. The molecule has 0 saturated carbocycles. The molecule has 0 unspecified atom stereocenters. The topological polar surface area (TPSA) is 92.7 Å². The second kappa shape index (κ2) is 5.40. The third-order valence-electron chi connectivity index (χ3n) is 2.88. The largest absolute Gasteiger partial charge is 0.481 e. The minimum absolute atomic E-state index is 0.374. The zero-order chi connectivity index (χ0) is 14.0. The van der Waals surface area contributed by atoms with Crippen molar-refractivity contribution in [1.29, 1.82) is 0 Å². The molecular weight excluding hydrogens is 270 g/mol. The Labute approximate surface area is 113 Å². The molecule has 0 fully saturated rings.